The fourth-order valence-corrected chi connectivity index (χ4v) is 1.81. The van der Waals surface area contributed by atoms with E-state index in [0.717, 1.165) is 11.1 Å². The van der Waals surface area contributed by atoms with Crippen LogP contribution in [0.2, 0.25) is 0 Å². The average Bonchev–Trinajstić information content (AvgIpc) is 2.53. The van der Waals surface area contributed by atoms with Crippen molar-refractivity contribution < 1.29 is 9.53 Å². The summed E-state index contributed by atoms with van der Waals surface area (Å²) in [4.78, 5) is 16.1. The lowest BCUT2D eigenvalue weighted by atomic mass is 10.1. The van der Waals surface area contributed by atoms with Crippen LogP contribution in [0.15, 0.2) is 42.6 Å². The first kappa shape index (κ1) is 14.0. The van der Waals surface area contributed by atoms with Gasteiger partial charge in [-0.1, -0.05) is 18.2 Å². The summed E-state index contributed by atoms with van der Waals surface area (Å²) in [6.07, 6.45) is 1.65. The molecule has 0 aliphatic rings. The van der Waals surface area contributed by atoms with Crippen molar-refractivity contribution in [3.05, 3.63) is 59.3 Å². The summed E-state index contributed by atoms with van der Waals surface area (Å²) in [5, 5.41) is 2.84. The van der Waals surface area contributed by atoms with Gasteiger partial charge in [-0.3, -0.25) is 4.79 Å². The van der Waals surface area contributed by atoms with Crippen LogP contribution in [0.1, 0.15) is 21.5 Å². The lowest BCUT2D eigenvalue weighted by Crippen LogP contribution is -2.23. The van der Waals surface area contributed by atoms with E-state index in [0.29, 0.717) is 24.5 Å². The lowest BCUT2D eigenvalue weighted by Gasteiger charge is -2.08. The first-order valence-electron chi connectivity index (χ1n) is 6.29. The van der Waals surface area contributed by atoms with Gasteiger partial charge in [0.2, 0.25) is 5.88 Å². The summed E-state index contributed by atoms with van der Waals surface area (Å²) in [6, 6.07) is 10.9. The van der Waals surface area contributed by atoms with E-state index in [4.69, 9.17) is 10.5 Å². The summed E-state index contributed by atoms with van der Waals surface area (Å²) in [7, 11) is 1.55. The van der Waals surface area contributed by atoms with Gasteiger partial charge in [0.1, 0.15) is 0 Å². The Balaban J connectivity index is 2.01. The second-order valence-electron chi connectivity index (χ2n) is 4.26. The molecule has 5 nitrogen and oxygen atoms in total. The summed E-state index contributed by atoms with van der Waals surface area (Å²) < 4.78 is 5.14. The number of carbonyl (C=O) groups excluding carboxylic acids is 1. The Bertz CT molecular complexity index is 582. The van der Waals surface area contributed by atoms with Crippen LogP contribution in [0.3, 0.4) is 0 Å². The molecule has 0 bridgehead atoms. The van der Waals surface area contributed by atoms with E-state index in [1.165, 1.54) is 0 Å². The van der Waals surface area contributed by atoms with Gasteiger partial charge in [-0.25, -0.2) is 4.98 Å². The van der Waals surface area contributed by atoms with Gasteiger partial charge < -0.3 is 15.8 Å². The Morgan fingerprint density at radius 3 is 2.70 bits per heavy atom. The van der Waals surface area contributed by atoms with Crippen LogP contribution in [0, 0.1) is 0 Å². The molecule has 1 aromatic heterocycles. The van der Waals surface area contributed by atoms with E-state index in [9.17, 15) is 4.79 Å². The fraction of sp³-hybridized carbons (Fsp3) is 0.200. The Hall–Kier alpha value is -2.40. The van der Waals surface area contributed by atoms with Crippen molar-refractivity contribution in [2.24, 2.45) is 5.73 Å². The van der Waals surface area contributed by atoms with Crippen molar-refractivity contribution in [3.8, 4) is 5.88 Å². The molecule has 0 atom stereocenters. The highest BCUT2D eigenvalue weighted by atomic mass is 16.5. The van der Waals surface area contributed by atoms with E-state index >= 15 is 0 Å². The van der Waals surface area contributed by atoms with E-state index in [-0.39, 0.29) is 5.91 Å². The third-order valence-electron chi connectivity index (χ3n) is 2.93. The monoisotopic (exact) mass is 271 g/mol. The van der Waals surface area contributed by atoms with Crippen LogP contribution in [-0.4, -0.2) is 18.0 Å². The molecule has 0 fully saturated rings. The molecule has 0 saturated carbocycles. The molecule has 1 amide bonds. The molecule has 104 valence electrons. The Labute approximate surface area is 117 Å². The van der Waals surface area contributed by atoms with E-state index in [2.05, 4.69) is 10.3 Å². The predicted octanol–water partition coefficient (Wildman–Crippen LogP) is 1.48. The minimum Gasteiger partial charge on any atom is -0.481 e. The highest BCUT2D eigenvalue weighted by molar-refractivity contribution is 5.94. The lowest BCUT2D eigenvalue weighted by molar-refractivity contribution is 0.0950. The maximum absolute atomic E-state index is 12.0. The molecule has 0 spiro atoms. The minimum atomic E-state index is -0.139. The molecule has 0 radical (unpaired) electrons. The van der Waals surface area contributed by atoms with Crippen LogP contribution in [-0.2, 0) is 13.1 Å². The Morgan fingerprint density at radius 2 is 2.05 bits per heavy atom. The standard InChI is InChI=1S/C15H17N3O2/c1-20-15-13(3-2-8-17-15)10-18-14(19)12-6-4-11(9-16)5-7-12/h2-8H,9-10,16H2,1H3,(H,18,19). The largest absolute Gasteiger partial charge is 0.481 e. The van der Waals surface area contributed by atoms with Gasteiger partial charge in [0.15, 0.2) is 0 Å². The van der Waals surface area contributed by atoms with Gasteiger partial charge >= 0.3 is 0 Å². The van der Waals surface area contributed by atoms with Gasteiger partial charge in [0, 0.05) is 30.4 Å². The SMILES string of the molecule is COc1ncccc1CNC(=O)c1ccc(CN)cc1. The van der Waals surface area contributed by atoms with Gasteiger partial charge in [0.05, 0.1) is 7.11 Å². The zero-order chi connectivity index (χ0) is 14.4. The van der Waals surface area contributed by atoms with Gasteiger partial charge in [-0.05, 0) is 23.8 Å². The van der Waals surface area contributed by atoms with Crippen molar-refractivity contribution in [2.75, 3.05) is 7.11 Å². The molecule has 1 heterocycles. The number of nitrogens with two attached hydrogens (primary N) is 1. The highest BCUT2D eigenvalue weighted by Crippen LogP contribution is 2.13. The molecule has 5 heteroatoms. The molecule has 1 aromatic carbocycles. The molecule has 2 aromatic rings. The van der Waals surface area contributed by atoms with Crippen LogP contribution in [0.4, 0.5) is 0 Å². The third-order valence-corrected chi connectivity index (χ3v) is 2.93. The average molecular weight is 271 g/mol. The van der Waals surface area contributed by atoms with Crippen LogP contribution >= 0.6 is 0 Å². The number of pyridine rings is 1. The van der Waals surface area contributed by atoms with Crippen LogP contribution in [0.25, 0.3) is 0 Å². The molecule has 2 rings (SSSR count). The van der Waals surface area contributed by atoms with Crippen molar-refractivity contribution in [1.82, 2.24) is 10.3 Å². The van der Waals surface area contributed by atoms with E-state index < -0.39 is 0 Å². The molecule has 20 heavy (non-hydrogen) atoms. The highest BCUT2D eigenvalue weighted by Gasteiger charge is 2.08. The first-order chi connectivity index (χ1) is 9.74. The van der Waals surface area contributed by atoms with Crippen molar-refractivity contribution in [2.45, 2.75) is 13.1 Å². The number of ether oxygens (including phenoxy) is 1. The Kier molecular flexibility index (Phi) is 4.68. The quantitative estimate of drug-likeness (QED) is 0.863. The van der Waals surface area contributed by atoms with Gasteiger partial charge in [-0.15, -0.1) is 0 Å². The number of benzene rings is 1. The second-order valence-corrected chi connectivity index (χ2v) is 4.26. The van der Waals surface area contributed by atoms with Crippen molar-refractivity contribution in [1.29, 1.82) is 0 Å². The van der Waals surface area contributed by atoms with Crippen LogP contribution < -0.4 is 15.8 Å². The van der Waals surface area contributed by atoms with E-state index in [1.807, 2.05) is 18.2 Å². The molecule has 0 unspecified atom stereocenters. The zero-order valence-electron chi connectivity index (χ0n) is 11.3. The zero-order valence-corrected chi connectivity index (χ0v) is 11.3. The number of hydrogen-bond donors (Lipinski definition) is 2. The molecule has 0 saturated heterocycles. The molecule has 3 N–H and O–H groups in total. The number of nitrogens with zero attached hydrogens (tertiary/aromatic N) is 1. The van der Waals surface area contributed by atoms with Gasteiger partial charge in [0.25, 0.3) is 5.91 Å². The molecule has 0 aliphatic heterocycles. The maximum Gasteiger partial charge on any atom is 0.251 e. The topological polar surface area (TPSA) is 77.2 Å². The smallest absolute Gasteiger partial charge is 0.251 e. The molecule has 0 aliphatic carbocycles. The summed E-state index contributed by atoms with van der Waals surface area (Å²) >= 11 is 0. The summed E-state index contributed by atoms with van der Waals surface area (Å²) in [5.74, 6) is 0.380. The van der Waals surface area contributed by atoms with Crippen molar-refractivity contribution in [3.63, 3.8) is 0 Å². The number of hydrogen-bond acceptors (Lipinski definition) is 4. The predicted molar refractivity (Wildman–Crippen MR) is 76.3 cm³/mol. The molecular formula is C15H17N3O2. The number of amides is 1. The normalized spacial score (nSPS) is 10.1. The summed E-state index contributed by atoms with van der Waals surface area (Å²) in [6.45, 7) is 0.837. The number of nitrogens with one attached hydrogen (secondary N) is 1. The maximum atomic E-state index is 12.0. The number of methoxy groups -OCH3 is 1. The molecular weight excluding hydrogens is 254 g/mol. The third kappa shape index (κ3) is 3.33. The minimum absolute atomic E-state index is 0.139. The number of carbonyl (C=O) groups is 1. The number of aromatic nitrogens is 1. The van der Waals surface area contributed by atoms with Gasteiger partial charge in [-0.2, -0.15) is 0 Å². The number of rotatable bonds is 5. The fourth-order valence-electron chi connectivity index (χ4n) is 1.81. The van der Waals surface area contributed by atoms with Crippen molar-refractivity contribution >= 4 is 5.91 Å². The summed E-state index contributed by atoms with van der Waals surface area (Å²) in [5.41, 5.74) is 7.95. The second kappa shape index (κ2) is 6.68. The van der Waals surface area contributed by atoms with Crippen LogP contribution in [0.5, 0.6) is 5.88 Å². The Morgan fingerprint density at radius 1 is 1.30 bits per heavy atom. The van der Waals surface area contributed by atoms with E-state index in [1.54, 1.807) is 31.5 Å². The first-order valence-corrected chi connectivity index (χ1v) is 6.29.